The van der Waals surface area contributed by atoms with Gasteiger partial charge in [0.2, 0.25) is 0 Å². The summed E-state index contributed by atoms with van der Waals surface area (Å²) >= 11 is 0. The van der Waals surface area contributed by atoms with Crippen LogP contribution in [0.15, 0.2) is 42.5 Å². The molecule has 1 atom stereocenters. The molecule has 1 unspecified atom stereocenters. The maximum absolute atomic E-state index is 13.6. The van der Waals surface area contributed by atoms with E-state index >= 15 is 0 Å². The number of carbonyl (C=O) groups is 1. The lowest BCUT2D eigenvalue weighted by atomic mass is 9.90. The van der Waals surface area contributed by atoms with Crippen LogP contribution in [0.5, 0.6) is 11.5 Å². The van der Waals surface area contributed by atoms with E-state index in [1.807, 2.05) is 24.0 Å². The summed E-state index contributed by atoms with van der Waals surface area (Å²) in [5.41, 5.74) is 5.39. The summed E-state index contributed by atoms with van der Waals surface area (Å²) in [5.74, 6) is 0.555. The molecule has 1 aliphatic carbocycles. The van der Waals surface area contributed by atoms with Crippen LogP contribution in [0.25, 0.3) is 11.3 Å². The molecule has 0 spiro atoms. The highest BCUT2D eigenvalue weighted by Gasteiger charge is 2.45. The van der Waals surface area contributed by atoms with Gasteiger partial charge in [-0.1, -0.05) is 55.2 Å². The van der Waals surface area contributed by atoms with E-state index in [4.69, 9.17) is 4.74 Å². The average molecular weight is 432 g/mol. The third kappa shape index (κ3) is 3.44. The average Bonchev–Trinajstić information content (AvgIpc) is 3.36. The van der Waals surface area contributed by atoms with Crippen molar-refractivity contribution in [3.05, 3.63) is 64.8 Å². The van der Waals surface area contributed by atoms with Gasteiger partial charge in [-0.05, 0) is 44.4 Å². The van der Waals surface area contributed by atoms with Crippen molar-refractivity contribution in [2.24, 2.45) is 0 Å². The molecule has 1 fully saturated rings. The van der Waals surface area contributed by atoms with Gasteiger partial charge in [0.15, 0.2) is 11.5 Å². The molecular formula is C26H29N3O3. The van der Waals surface area contributed by atoms with E-state index in [1.165, 1.54) is 12.0 Å². The van der Waals surface area contributed by atoms with Crippen LogP contribution in [0.2, 0.25) is 0 Å². The van der Waals surface area contributed by atoms with Crippen LogP contribution in [0, 0.1) is 6.92 Å². The first kappa shape index (κ1) is 20.6. The van der Waals surface area contributed by atoms with Gasteiger partial charge in [-0.15, -0.1) is 0 Å². The number of phenols is 1. The Balaban J connectivity index is 1.66. The van der Waals surface area contributed by atoms with E-state index in [1.54, 1.807) is 6.07 Å². The zero-order valence-electron chi connectivity index (χ0n) is 18.6. The van der Waals surface area contributed by atoms with Gasteiger partial charge in [-0.2, -0.15) is 5.10 Å². The number of rotatable bonds is 5. The number of benzene rings is 2. The third-order valence-electron chi connectivity index (χ3n) is 6.70. The number of phenolic OH excluding ortho intramolecular Hbond substituents is 1. The molecule has 1 aliphatic heterocycles. The van der Waals surface area contributed by atoms with Gasteiger partial charge in [-0.25, -0.2) is 0 Å². The standard InChI is InChI=1S/C26H29N3O3/c1-3-32-21-15-18(13-14-20(21)30)25-22-23(17-11-9-16(2)10-12-17)27-28-24(22)26(31)29(25)19-7-5-4-6-8-19/h9-15,19,25,30H,3-8H2,1-2H3,(H,27,28). The third-order valence-corrected chi connectivity index (χ3v) is 6.70. The van der Waals surface area contributed by atoms with Gasteiger partial charge in [0.1, 0.15) is 5.69 Å². The molecule has 166 valence electrons. The van der Waals surface area contributed by atoms with Gasteiger partial charge < -0.3 is 14.7 Å². The van der Waals surface area contributed by atoms with E-state index in [-0.39, 0.29) is 23.7 Å². The summed E-state index contributed by atoms with van der Waals surface area (Å²) < 4.78 is 5.67. The maximum atomic E-state index is 13.6. The monoisotopic (exact) mass is 431 g/mol. The molecule has 2 aromatic carbocycles. The number of ether oxygens (including phenoxy) is 1. The molecule has 6 heteroatoms. The molecule has 0 bridgehead atoms. The Kier molecular flexibility index (Phi) is 5.37. The van der Waals surface area contributed by atoms with Crippen LogP contribution in [0.1, 0.15) is 72.2 Å². The fraction of sp³-hybridized carbons (Fsp3) is 0.385. The predicted octanol–water partition coefficient (Wildman–Crippen LogP) is 5.37. The van der Waals surface area contributed by atoms with Crippen molar-refractivity contribution in [1.82, 2.24) is 15.1 Å². The van der Waals surface area contributed by atoms with E-state index in [9.17, 15) is 9.90 Å². The molecule has 1 aromatic heterocycles. The summed E-state index contributed by atoms with van der Waals surface area (Å²) in [6.45, 7) is 4.41. The molecule has 2 N–H and O–H groups in total. The van der Waals surface area contributed by atoms with Gasteiger partial charge in [0.25, 0.3) is 5.91 Å². The van der Waals surface area contributed by atoms with Crippen molar-refractivity contribution in [1.29, 1.82) is 0 Å². The molecule has 0 saturated heterocycles. The minimum atomic E-state index is -0.268. The van der Waals surface area contributed by atoms with Crippen LogP contribution >= 0.6 is 0 Å². The van der Waals surface area contributed by atoms with E-state index < -0.39 is 0 Å². The van der Waals surface area contributed by atoms with Crippen LogP contribution in [0.3, 0.4) is 0 Å². The Bertz CT molecular complexity index is 1130. The number of aryl methyl sites for hydroxylation is 1. The van der Waals surface area contributed by atoms with Crippen molar-refractivity contribution < 1.29 is 14.6 Å². The van der Waals surface area contributed by atoms with Crippen molar-refractivity contribution in [2.75, 3.05) is 6.61 Å². The fourth-order valence-corrected chi connectivity index (χ4v) is 5.13. The first-order valence-electron chi connectivity index (χ1n) is 11.5. The van der Waals surface area contributed by atoms with Crippen LogP contribution in [-0.4, -0.2) is 38.8 Å². The van der Waals surface area contributed by atoms with Crippen molar-refractivity contribution in [3.63, 3.8) is 0 Å². The molecule has 2 aliphatic rings. The second-order valence-corrected chi connectivity index (χ2v) is 8.79. The number of H-pyrrole nitrogens is 1. The van der Waals surface area contributed by atoms with Crippen molar-refractivity contribution >= 4 is 5.91 Å². The second kappa shape index (κ2) is 8.34. The van der Waals surface area contributed by atoms with Gasteiger partial charge in [0, 0.05) is 17.2 Å². The number of aromatic amines is 1. The summed E-state index contributed by atoms with van der Waals surface area (Å²) in [6.07, 6.45) is 5.51. The van der Waals surface area contributed by atoms with E-state index in [2.05, 4.69) is 41.4 Å². The van der Waals surface area contributed by atoms with Gasteiger partial charge in [-0.3, -0.25) is 9.89 Å². The lowest BCUT2D eigenvalue weighted by Crippen LogP contribution is -2.40. The van der Waals surface area contributed by atoms with Crippen molar-refractivity contribution in [3.8, 4) is 22.8 Å². The largest absolute Gasteiger partial charge is 0.504 e. The molecule has 2 heterocycles. The van der Waals surface area contributed by atoms with Gasteiger partial charge >= 0.3 is 0 Å². The summed E-state index contributed by atoms with van der Waals surface area (Å²) in [7, 11) is 0. The Morgan fingerprint density at radius 1 is 1.12 bits per heavy atom. The number of fused-ring (bicyclic) bond motifs is 1. The Morgan fingerprint density at radius 2 is 1.88 bits per heavy atom. The Hall–Kier alpha value is -3.28. The van der Waals surface area contributed by atoms with Crippen LogP contribution in [0.4, 0.5) is 0 Å². The highest BCUT2D eigenvalue weighted by Crippen LogP contribution is 2.47. The zero-order chi connectivity index (χ0) is 22.2. The second-order valence-electron chi connectivity index (χ2n) is 8.79. The minimum Gasteiger partial charge on any atom is -0.504 e. The quantitative estimate of drug-likeness (QED) is 0.569. The molecule has 3 aromatic rings. The summed E-state index contributed by atoms with van der Waals surface area (Å²) in [5, 5.41) is 17.9. The highest BCUT2D eigenvalue weighted by molar-refractivity contribution is 6.00. The highest BCUT2D eigenvalue weighted by atomic mass is 16.5. The molecule has 5 rings (SSSR count). The molecule has 6 nitrogen and oxygen atoms in total. The van der Waals surface area contributed by atoms with Crippen molar-refractivity contribution in [2.45, 2.75) is 58.0 Å². The number of carbonyl (C=O) groups excluding carboxylic acids is 1. The van der Waals surface area contributed by atoms with Crippen LogP contribution in [-0.2, 0) is 0 Å². The van der Waals surface area contributed by atoms with Crippen LogP contribution < -0.4 is 4.74 Å². The Morgan fingerprint density at radius 3 is 2.59 bits per heavy atom. The van der Waals surface area contributed by atoms with E-state index in [0.717, 1.165) is 48.1 Å². The number of hydrogen-bond acceptors (Lipinski definition) is 4. The first-order chi connectivity index (χ1) is 15.6. The Labute approximate surface area is 188 Å². The molecule has 1 saturated carbocycles. The molecular weight excluding hydrogens is 402 g/mol. The number of hydrogen-bond donors (Lipinski definition) is 2. The zero-order valence-corrected chi connectivity index (χ0v) is 18.6. The molecule has 32 heavy (non-hydrogen) atoms. The summed E-state index contributed by atoms with van der Waals surface area (Å²) in [6, 6.07) is 13.6. The molecule has 0 radical (unpaired) electrons. The predicted molar refractivity (Wildman–Crippen MR) is 123 cm³/mol. The minimum absolute atomic E-state index is 0.00814. The summed E-state index contributed by atoms with van der Waals surface area (Å²) in [4.78, 5) is 15.7. The number of nitrogens with zero attached hydrogens (tertiary/aromatic N) is 2. The molecule has 1 amide bonds. The SMILES string of the molecule is CCOc1cc(C2c3c(-c4ccc(C)cc4)n[nH]c3C(=O)N2C2CCCCC2)ccc1O. The number of amides is 1. The topological polar surface area (TPSA) is 78.5 Å². The number of nitrogens with one attached hydrogen (secondary N) is 1. The first-order valence-corrected chi connectivity index (χ1v) is 11.5. The van der Waals surface area contributed by atoms with E-state index in [0.29, 0.717) is 18.1 Å². The lowest BCUT2D eigenvalue weighted by molar-refractivity contribution is 0.0606. The number of aromatic hydroxyl groups is 1. The number of aromatic nitrogens is 2. The smallest absolute Gasteiger partial charge is 0.273 e. The lowest BCUT2D eigenvalue weighted by Gasteiger charge is -2.36. The maximum Gasteiger partial charge on any atom is 0.273 e. The normalized spacial score (nSPS) is 18.8. The van der Waals surface area contributed by atoms with Gasteiger partial charge in [0.05, 0.1) is 18.3 Å². The fourth-order valence-electron chi connectivity index (χ4n) is 5.13.